The maximum absolute atomic E-state index is 8.80. The first-order valence-corrected chi connectivity index (χ1v) is 6.20. The minimum absolute atomic E-state index is 0.0393. The predicted molar refractivity (Wildman–Crippen MR) is 64.2 cm³/mol. The molecule has 2 atom stereocenters. The molecule has 0 amide bonds. The second-order valence-electron chi connectivity index (χ2n) is 3.83. The molecule has 2 unspecified atom stereocenters. The minimum atomic E-state index is -0.185. The number of hydrogen-bond donors (Lipinski definition) is 1. The monoisotopic (exact) mass is 286 g/mol. The molecule has 3 nitrogen and oxygen atoms in total. The zero-order valence-electron chi connectivity index (χ0n) is 8.93. The highest BCUT2D eigenvalue weighted by molar-refractivity contribution is 9.10. The molecule has 1 aliphatic rings. The highest BCUT2D eigenvalue weighted by Crippen LogP contribution is 2.22. The van der Waals surface area contributed by atoms with E-state index in [4.69, 9.17) is 14.6 Å². The van der Waals surface area contributed by atoms with Gasteiger partial charge in [0.15, 0.2) is 6.29 Å². The lowest BCUT2D eigenvalue weighted by Gasteiger charge is -2.11. The summed E-state index contributed by atoms with van der Waals surface area (Å²) in [5.74, 6) is 0. The lowest BCUT2D eigenvalue weighted by molar-refractivity contribution is -0.0584. The van der Waals surface area contributed by atoms with Crippen LogP contribution in [0.1, 0.15) is 12.0 Å². The number of rotatable bonds is 4. The summed E-state index contributed by atoms with van der Waals surface area (Å²) in [7, 11) is 0. The first-order valence-electron chi connectivity index (χ1n) is 5.41. The Labute approximate surface area is 104 Å². The molecule has 0 aromatic heterocycles. The van der Waals surface area contributed by atoms with Crippen LogP contribution in [0.25, 0.3) is 0 Å². The van der Waals surface area contributed by atoms with E-state index in [0.29, 0.717) is 13.0 Å². The molecule has 2 rings (SSSR count). The summed E-state index contributed by atoms with van der Waals surface area (Å²) in [4.78, 5) is 0. The van der Waals surface area contributed by atoms with Crippen LogP contribution in [-0.2, 0) is 15.9 Å². The van der Waals surface area contributed by atoms with E-state index in [0.717, 1.165) is 10.9 Å². The zero-order valence-corrected chi connectivity index (χ0v) is 10.5. The van der Waals surface area contributed by atoms with Crippen LogP contribution >= 0.6 is 15.9 Å². The Morgan fingerprint density at radius 3 is 2.94 bits per heavy atom. The van der Waals surface area contributed by atoms with Crippen LogP contribution in [0.5, 0.6) is 0 Å². The first kappa shape index (κ1) is 12.0. The third-order valence-electron chi connectivity index (χ3n) is 2.61. The van der Waals surface area contributed by atoms with E-state index in [1.54, 1.807) is 0 Å². The fourth-order valence-electron chi connectivity index (χ4n) is 1.75. The molecule has 1 N–H and O–H groups in total. The Bertz CT molecular complexity index is 343. The molecule has 0 aliphatic carbocycles. The lowest BCUT2D eigenvalue weighted by atomic mass is 10.1. The number of aliphatic hydroxyl groups excluding tert-OH is 1. The number of benzene rings is 1. The fraction of sp³-hybridized carbons (Fsp3) is 0.500. The van der Waals surface area contributed by atoms with Crippen molar-refractivity contribution in [2.75, 3.05) is 13.2 Å². The highest BCUT2D eigenvalue weighted by atomic mass is 79.9. The van der Waals surface area contributed by atoms with Crippen molar-refractivity contribution in [2.24, 2.45) is 0 Å². The van der Waals surface area contributed by atoms with Gasteiger partial charge in [0.2, 0.25) is 0 Å². The van der Waals surface area contributed by atoms with E-state index in [1.165, 1.54) is 5.56 Å². The van der Waals surface area contributed by atoms with Gasteiger partial charge in [-0.3, -0.25) is 0 Å². The zero-order chi connectivity index (χ0) is 11.4. The van der Waals surface area contributed by atoms with E-state index in [1.807, 2.05) is 18.2 Å². The van der Waals surface area contributed by atoms with Crippen LogP contribution in [0, 0.1) is 0 Å². The van der Waals surface area contributed by atoms with Gasteiger partial charge in [0.1, 0.15) is 0 Å². The molecular weight excluding hydrogens is 272 g/mol. The molecule has 0 bridgehead atoms. The summed E-state index contributed by atoms with van der Waals surface area (Å²) in [6, 6.07) is 8.05. The Morgan fingerprint density at radius 1 is 1.38 bits per heavy atom. The summed E-state index contributed by atoms with van der Waals surface area (Å²) in [6.45, 7) is 0.728. The van der Waals surface area contributed by atoms with Gasteiger partial charge < -0.3 is 14.6 Å². The van der Waals surface area contributed by atoms with Crippen molar-refractivity contribution in [2.45, 2.75) is 25.2 Å². The normalized spacial score (nSPS) is 24.9. The van der Waals surface area contributed by atoms with Crippen molar-refractivity contribution < 1.29 is 14.6 Å². The maximum Gasteiger partial charge on any atom is 0.162 e. The van der Waals surface area contributed by atoms with Crippen LogP contribution in [0.15, 0.2) is 28.7 Å². The Balaban J connectivity index is 1.90. The van der Waals surface area contributed by atoms with Crippen LogP contribution in [0.2, 0.25) is 0 Å². The van der Waals surface area contributed by atoms with Crippen LogP contribution in [0.4, 0.5) is 0 Å². The Kier molecular flexibility index (Phi) is 4.35. The van der Waals surface area contributed by atoms with Gasteiger partial charge in [-0.05, 0) is 18.1 Å². The van der Waals surface area contributed by atoms with Crippen LogP contribution in [0.3, 0.4) is 0 Å². The van der Waals surface area contributed by atoms with Crippen molar-refractivity contribution in [1.29, 1.82) is 0 Å². The Hall–Kier alpha value is -0.420. The summed E-state index contributed by atoms with van der Waals surface area (Å²) in [6.07, 6.45) is 1.24. The second kappa shape index (κ2) is 5.77. The molecule has 88 valence electrons. The number of ether oxygens (including phenoxy) is 2. The molecule has 1 fully saturated rings. The largest absolute Gasteiger partial charge is 0.396 e. The average Bonchev–Trinajstić information content (AvgIpc) is 2.70. The molecule has 16 heavy (non-hydrogen) atoms. The molecule has 1 saturated heterocycles. The van der Waals surface area contributed by atoms with Crippen LogP contribution in [-0.4, -0.2) is 30.7 Å². The van der Waals surface area contributed by atoms with Crippen molar-refractivity contribution in [3.63, 3.8) is 0 Å². The topological polar surface area (TPSA) is 38.7 Å². The van der Waals surface area contributed by atoms with Gasteiger partial charge in [-0.15, -0.1) is 0 Å². The number of aliphatic hydroxyl groups is 1. The first-order chi connectivity index (χ1) is 7.79. The summed E-state index contributed by atoms with van der Waals surface area (Å²) < 4.78 is 12.3. The average molecular weight is 287 g/mol. The fourth-order valence-corrected chi connectivity index (χ4v) is 2.20. The van der Waals surface area contributed by atoms with E-state index in [9.17, 15) is 0 Å². The molecule has 0 saturated carbocycles. The van der Waals surface area contributed by atoms with Crippen molar-refractivity contribution in [1.82, 2.24) is 0 Å². The second-order valence-corrected chi connectivity index (χ2v) is 4.68. The highest BCUT2D eigenvalue weighted by Gasteiger charge is 2.25. The van der Waals surface area contributed by atoms with E-state index in [2.05, 4.69) is 22.0 Å². The van der Waals surface area contributed by atoms with Gasteiger partial charge in [-0.1, -0.05) is 34.1 Å². The van der Waals surface area contributed by atoms with Crippen molar-refractivity contribution >= 4 is 15.9 Å². The molecule has 0 spiro atoms. The predicted octanol–water partition coefficient (Wildman–Crippen LogP) is 2.12. The SMILES string of the molecule is OCCC1COC(Cc2ccccc2Br)O1. The smallest absolute Gasteiger partial charge is 0.162 e. The maximum atomic E-state index is 8.80. The van der Waals surface area contributed by atoms with Crippen LogP contribution < -0.4 is 0 Å². The van der Waals surface area contributed by atoms with Crippen molar-refractivity contribution in [3.8, 4) is 0 Å². The Morgan fingerprint density at radius 2 is 2.19 bits per heavy atom. The summed E-state index contributed by atoms with van der Waals surface area (Å²) in [5.41, 5.74) is 1.18. The molecule has 0 radical (unpaired) electrons. The lowest BCUT2D eigenvalue weighted by Crippen LogP contribution is -2.15. The standard InChI is InChI=1S/C12H15BrO3/c13-11-4-2-1-3-9(11)7-12-15-8-10(16-12)5-6-14/h1-4,10,12,14H,5-8H2. The molecule has 1 aromatic carbocycles. The minimum Gasteiger partial charge on any atom is -0.396 e. The van der Waals surface area contributed by atoms with E-state index in [-0.39, 0.29) is 19.0 Å². The van der Waals surface area contributed by atoms with Crippen molar-refractivity contribution in [3.05, 3.63) is 34.3 Å². The van der Waals surface area contributed by atoms with Gasteiger partial charge >= 0.3 is 0 Å². The van der Waals surface area contributed by atoms with Gasteiger partial charge in [-0.25, -0.2) is 0 Å². The third kappa shape index (κ3) is 3.04. The number of hydrogen-bond acceptors (Lipinski definition) is 3. The summed E-state index contributed by atoms with van der Waals surface area (Å²) in [5, 5.41) is 8.80. The third-order valence-corrected chi connectivity index (χ3v) is 3.38. The molecule has 1 heterocycles. The summed E-state index contributed by atoms with van der Waals surface area (Å²) >= 11 is 3.50. The molecule has 4 heteroatoms. The molecule has 1 aliphatic heterocycles. The van der Waals surface area contributed by atoms with Gasteiger partial charge in [0.25, 0.3) is 0 Å². The van der Waals surface area contributed by atoms with Gasteiger partial charge in [-0.2, -0.15) is 0 Å². The molecule has 1 aromatic rings. The van der Waals surface area contributed by atoms with Gasteiger partial charge in [0.05, 0.1) is 12.7 Å². The van der Waals surface area contributed by atoms with Gasteiger partial charge in [0, 0.05) is 17.5 Å². The quantitative estimate of drug-likeness (QED) is 0.922. The van der Waals surface area contributed by atoms with E-state index < -0.39 is 0 Å². The molecular formula is C12H15BrO3. The van der Waals surface area contributed by atoms with E-state index >= 15 is 0 Å². The number of halogens is 1.